The maximum Gasteiger partial charge on any atom is 0.238 e. The summed E-state index contributed by atoms with van der Waals surface area (Å²) in [6.07, 6.45) is 1.13. The lowest BCUT2D eigenvalue weighted by molar-refractivity contribution is 0.459. The van der Waals surface area contributed by atoms with Crippen LogP contribution in [-0.2, 0) is 0 Å². The molecule has 0 amide bonds. The van der Waals surface area contributed by atoms with Crippen molar-refractivity contribution in [3.63, 3.8) is 0 Å². The van der Waals surface area contributed by atoms with Gasteiger partial charge in [0.05, 0.1) is 0 Å². The Labute approximate surface area is 114 Å². The highest BCUT2D eigenvalue weighted by atomic mass is 16.5. The smallest absolute Gasteiger partial charge is 0.238 e. The van der Waals surface area contributed by atoms with E-state index in [4.69, 9.17) is 4.74 Å². The topological polar surface area (TPSA) is 49.9 Å². The molecule has 19 heavy (non-hydrogen) atoms. The molecule has 0 saturated carbocycles. The molecule has 0 radical (unpaired) electrons. The van der Waals surface area contributed by atoms with Gasteiger partial charge < -0.3 is 10.1 Å². The molecule has 1 aromatic heterocycles. The molecule has 0 aliphatic heterocycles. The number of ether oxygens (including phenoxy) is 1. The number of nitrogens with one attached hydrogen (secondary N) is 2. The predicted octanol–water partition coefficient (Wildman–Crippen LogP) is 3.57. The Morgan fingerprint density at radius 2 is 2.21 bits per heavy atom. The maximum absolute atomic E-state index is 5.72. The Morgan fingerprint density at radius 1 is 1.37 bits per heavy atom. The van der Waals surface area contributed by atoms with Crippen LogP contribution in [0.3, 0.4) is 0 Å². The third-order valence-electron chi connectivity index (χ3n) is 2.96. The molecule has 102 valence electrons. The van der Waals surface area contributed by atoms with Gasteiger partial charge in [-0.25, -0.2) is 0 Å². The molecule has 1 aromatic carbocycles. The lowest BCUT2D eigenvalue weighted by Crippen LogP contribution is -2.19. The van der Waals surface area contributed by atoms with Gasteiger partial charge in [0.2, 0.25) is 5.88 Å². The van der Waals surface area contributed by atoms with Crippen LogP contribution in [0.2, 0.25) is 0 Å². The summed E-state index contributed by atoms with van der Waals surface area (Å²) >= 11 is 0. The molecule has 1 atom stereocenters. The summed E-state index contributed by atoms with van der Waals surface area (Å²) in [5.41, 5.74) is 2.21. The molecule has 2 rings (SSSR count). The zero-order chi connectivity index (χ0) is 13.7. The van der Waals surface area contributed by atoms with Crippen molar-refractivity contribution in [2.24, 2.45) is 0 Å². The van der Waals surface area contributed by atoms with E-state index in [1.54, 1.807) is 0 Å². The van der Waals surface area contributed by atoms with Crippen LogP contribution in [0.25, 0.3) is 0 Å². The predicted molar refractivity (Wildman–Crippen MR) is 76.5 cm³/mol. The van der Waals surface area contributed by atoms with Crippen LogP contribution in [0.4, 0.5) is 0 Å². The third-order valence-corrected chi connectivity index (χ3v) is 2.96. The number of hydrogen-bond acceptors (Lipinski definition) is 3. The quantitative estimate of drug-likeness (QED) is 0.833. The van der Waals surface area contributed by atoms with Crippen LogP contribution in [-0.4, -0.2) is 16.7 Å². The van der Waals surface area contributed by atoms with Crippen molar-refractivity contribution in [3.8, 4) is 11.6 Å². The number of H-pyrrole nitrogens is 1. The Kier molecular flexibility index (Phi) is 4.58. The van der Waals surface area contributed by atoms with E-state index in [-0.39, 0.29) is 0 Å². The van der Waals surface area contributed by atoms with Crippen molar-refractivity contribution < 1.29 is 4.74 Å². The average Bonchev–Trinajstić information content (AvgIpc) is 2.81. The van der Waals surface area contributed by atoms with E-state index in [9.17, 15) is 0 Å². The molecular formula is C15H21N3O. The van der Waals surface area contributed by atoms with Gasteiger partial charge in [0, 0.05) is 17.8 Å². The van der Waals surface area contributed by atoms with Gasteiger partial charge in [0.1, 0.15) is 5.75 Å². The second-order valence-corrected chi connectivity index (χ2v) is 4.74. The number of rotatable bonds is 6. The van der Waals surface area contributed by atoms with Gasteiger partial charge in [-0.3, -0.25) is 5.10 Å². The van der Waals surface area contributed by atoms with Crippen molar-refractivity contribution in [3.05, 3.63) is 41.6 Å². The minimum absolute atomic E-state index is 0.324. The van der Waals surface area contributed by atoms with Crippen LogP contribution in [0.1, 0.15) is 37.6 Å². The lowest BCUT2D eigenvalue weighted by atomic mass is 10.1. The van der Waals surface area contributed by atoms with Crippen molar-refractivity contribution in [1.82, 2.24) is 15.5 Å². The Hall–Kier alpha value is -1.81. The summed E-state index contributed by atoms with van der Waals surface area (Å²) in [6.45, 7) is 7.30. The highest BCUT2D eigenvalue weighted by Gasteiger charge is 2.06. The molecule has 1 unspecified atom stereocenters. The highest BCUT2D eigenvalue weighted by Crippen LogP contribution is 2.23. The van der Waals surface area contributed by atoms with Gasteiger partial charge in [-0.1, -0.05) is 19.1 Å². The summed E-state index contributed by atoms with van der Waals surface area (Å²) in [6, 6.07) is 10.3. The third kappa shape index (κ3) is 3.83. The van der Waals surface area contributed by atoms with E-state index in [0.717, 1.165) is 24.4 Å². The van der Waals surface area contributed by atoms with Crippen LogP contribution >= 0.6 is 0 Å². The van der Waals surface area contributed by atoms with E-state index in [2.05, 4.69) is 41.5 Å². The average molecular weight is 259 g/mol. The standard InChI is InChI=1S/C15H21N3O/c1-4-8-16-12(3)13-6-5-7-14(10-13)19-15-9-11(2)17-18-15/h5-7,9-10,12,16H,4,8H2,1-3H3,(H,17,18). The Morgan fingerprint density at radius 3 is 2.89 bits per heavy atom. The molecule has 1 heterocycles. The van der Waals surface area contributed by atoms with Crippen LogP contribution in [0, 0.1) is 6.92 Å². The fourth-order valence-corrected chi connectivity index (χ4v) is 1.89. The summed E-state index contributed by atoms with van der Waals surface area (Å²) in [5, 5.41) is 10.4. The lowest BCUT2D eigenvalue weighted by Gasteiger charge is -2.14. The monoisotopic (exact) mass is 259 g/mol. The number of nitrogens with zero attached hydrogens (tertiary/aromatic N) is 1. The maximum atomic E-state index is 5.72. The first kappa shape index (κ1) is 13.6. The molecule has 0 bridgehead atoms. The Bertz CT molecular complexity index is 522. The first-order valence-corrected chi connectivity index (χ1v) is 6.72. The van der Waals surface area contributed by atoms with E-state index in [1.807, 2.05) is 25.1 Å². The first-order chi connectivity index (χ1) is 9.19. The number of hydrogen-bond donors (Lipinski definition) is 2. The fraction of sp³-hybridized carbons (Fsp3) is 0.400. The zero-order valence-corrected chi connectivity index (χ0v) is 11.7. The molecule has 2 aromatic rings. The van der Waals surface area contributed by atoms with Crippen LogP contribution in [0.15, 0.2) is 30.3 Å². The van der Waals surface area contributed by atoms with Crippen molar-refractivity contribution in [2.45, 2.75) is 33.2 Å². The number of benzene rings is 1. The summed E-state index contributed by atoms with van der Waals surface area (Å²) in [7, 11) is 0. The number of aromatic nitrogens is 2. The molecule has 0 saturated heterocycles. The minimum atomic E-state index is 0.324. The molecule has 0 spiro atoms. The summed E-state index contributed by atoms with van der Waals surface area (Å²) in [5.74, 6) is 1.41. The molecule has 0 aliphatic carbocycles. The SMILES string of the molecule is CCCNC(C)c1cccc(Oc2cc(C)[nH]n2)c1. The second kappa shape index (κ2) is 6.38. The first-order valence-electron chi connectivity index (χ1n) is 6.72. The number of aryl methyl sites for hydroxylation is 1. The summed E-state index contributed by atoms with van der Waals surface area (Å²) < 4.78 is 5.72. The summed E-state index contributed by atoms with van der Waals surface area (Å²) in [4.78, 5) is 0. The van der Waals surface area contributed by atoms with Crippen molar-refractivity contribution >= 4 is 0 Å². The Balaban J connectivity index is 2.06. The molecule has 4 nitrogen and oxygen atoms in total. The zero-order valence-electron chi connectivity index (χ0n) is 11.7. The van der Waals surface area contributed by atoms with E-state index in [0.29, 0.717) is 11.9 Å². The normalized spacial score (nSPS) is 12.4. The molecule has 4 heteroatoms. The van der Waals surface area contributed by atoms with E-state index >= 15 is 0 Å². The van der Waals surface area contributed by atoms with Gasteiger partial charge in [0.15, 0.2) is 0 Å². The fourth-order valence-electron chi connectivity index (χ4n) is 1.89. The van der Waals surface area contributed by atoms with E-state index < -0.39 is 0 Å². The van der Waals surface area contributed by atoms with Crippen molar-refractivity contribution in [1.29, 1.82) is 0 Å². The van der Waals surface area contributed by atoms with Crippen LogP contribution < -0.4 is 10.1 Å². The largest absolute Gasteiger partial charge is 0.438 e. The number of aromatic amines is 1. The molecule has 0 fully saturated rings. The molecular weight excluding hydrogens is 238 g/mol. The van der Waals surface area contributed by atoms with Gasteiger partial charge in [0.25, 0.3) is 0 Å². The molecule has 2 N–H and O–H groups in total. The van der Waals surface area contributed by atoms with Gasteiger partial charge in [-0.05, 0) is 44.5 Å². The van der Waals surface area contributed by atoms with Gasteiger partial charge in [-0.15, -0.1) is 5.10 Å². The molecule has 0 aliphatic rings. The highest BCUT2D eigenvalue weighted by molar-refractivity contribution is 5.33. The second-order valence-electron chi connectivity index (χ2n) is 4.74. The van der Waals surface area contributed by atoms with Gasteiger partial charge >= 0.3 is 0 Å². The minimum Gasteiger partial charge on any atom is -0.438 e. The van der Waals surface area contributed by atoms with Crippen molar-refractivity contribution in [2.75, 3.05) is 6.54 Å². The van der Waals surface area contributed by atoms with Gasteiger partial charge in [-0.2, -0.15) is 0 Å². The van der Waals surface area contributed by atoms with Crippen LogP contribution in [0.5, 0.6) is 11.6 Å². The van der Waals surface area contributed by atoms with E-state index in [1.165, 1.54) is 5.56 Å².